The maximum atomic E-state index is 12.3. The lowest BCUT2D eigenvalue weighted by Gasteiger charge is -2.18. The van der Waals surface area contributed by atoms with Gasteiger partial charge in [-0.15, -0.1) is 0 Å². The molecular weight excluding hydrogens is 420 g/mol. The third-order valence-electron chi connectivity index (χ3n) is 4.54. The van der Waals surface area contributed by atoms with E-state index in [1.54, 1.807) is 31.2 Å². The first kappa shape index (κ1) is 22.3. The molecule has 10 heteroatoms. The van der Waals surface area contributed by atoms with Crippen LogP contribution in [0.3, 0.4) is 0 Å². The largest absolute Gasteiger partial charge is 0.481 e. The Bertz CT molecular complexity index is 1160. The number of aryl methyl sites for hydroxylation is 1. The molecule has 9 nitrogen and oxygen atoms in total. The molecule has 31 heavy (non-hydrogen) atoms. The lowest BCUT2D eigenvalue weighted by molar-refractivity contribution is -0.127. The van der Waals surface area contributed by atoms with Gasteiger partial charge in [-0.1, -0.05) is 28.9 Å². The molecule has 1 aromatic heterocycles. The number of nitrogens with one attached hydrogen (secondary N) is 1. The number of benzene rings is 2. The summed E-state index contributed by atoms with van der Waals surface area (Å²) in [6.07, 6.45) is 0.342. The number of sulfonamides is 1. The molecule has 3 rings (SSSR count). The minimum Gasteiger partial charge on any atom is -0.481 e. The van der Waals surface area contributed by atoms with E-state index in [0.29, 0.717) is 17.3 Å². The van der Waals surface area contributed by atoms with Crippen LogP contribution in [0.1, 0.15) is 18.4 Å². The average molecular weight is 445 g/mol. The third kappa shape index (κ3) is 5.82. The first-order valence-corrected chi connectivity index (χ1v) is 11.4. The van der Waals surface area contributed by atoms with E-state index >= 15 is 0 Å². The molecule has 164 valence electrons. The van der Waals surface area contributed by atoms with Crippen LogP contribution < -0.4 is 14.4 Å². The second kappa shape index (κ2) is 9.17. The zero-order valence-corrected chi connectivity index (χ0v) is 18.5. The highest BCUT2D eigenvalue weighted by molar-refractivity contribution is 7.92. The van der Waals surface area contributed by atoms with E-state index in [1.807, 2.05) is 31.2 Å². The van der Waals surface area contributed by atoms with E-state index in [-0.39, 0.29) is 18.3 Å². The highest BCUT2D eigenvalue weighted by Crippen LogP contribution is 2.21. The second-order valence-corrected chi connectivity index (χ2v) is 9.10. The molecule has 0 saturated heterocycles. The van der Waals surface area contributed by atoms with Crippen molar-refractivity contribution in [2.45, 2.75) is 26.5 Å². The van der Waals surface area contributed by atoms with E-state index in [4.69, 9.17) is 9.26 Å². The Labute approximate surface area is 181 Å². The van der Waals surface area contributed by atoms with Crippen LogP contribution in [-0.4, -0.2) is 43.9 Å². The van der Waals surface area contributed by atoms with Crippen LogP contribution in [0.2, 0.25) is 0 Å². The molecule has 0 bridgehead atoms. The molecule has 1 amide bonds. The Balaban J connectivity index is 1.54. The number of nitrogens with zero attached hydrogens (tertiary/aromatic N) is 3. The van der Waals surface area contributed by atoms with Gasteiger partial charge in [-0.3, -0.25) is 9.10 Å². The number of hydrogen-bond donors (Lipinski definition) is 1. The summed E-state index contributed by atoms with van der Waals surface area (Å²) in [4.78, 5) is 16.6. The van der Waals surface area contributed by atoms with Crippen molar-refractivity contribution in [1.29, 1.82) is 0 Å². The number of hydrogen-bond acceptors (Lipinski definition) is 7. The minimum absolute atomic E-state index is 0.0729. The Morgan fingerprint density at radius 1 is 1.23 bits per heavy atom. The molecule has 0 saturated carbocycles. The molecule has 1 heterocycles. The van der Waals surface area contributed by atoms with Crippen LogP contribution in [0.5, 0.6) is 5.75 Å². The quantitative estimate of drug-likeness (QED) is 0.568. The highest BCUT2D eigenvalue weighted by atomic mass is 32.2. The van der Waals surface area contributed by atoms with Crippen LogP contribution >= 0.6 is 0 Å². The number of anilines is 1. The fraction of sp³-hybridized carbons (Fsp3) is 0.286. The van der Waals surface area contributed by atoms with Crippen molar-refractivity contribution in [3.05, 3.63) is 60.0 Å². The maximum Gasteiger partial charge on any atom is 0.261 e. The number of amides is 1. The first-order chi connectivity index (χ1) is 14.6. The highest BCUT2D eigenvalue weighted by Gasteiger charge is 2.17. The van der Waals surface area contributed by atoms with Gasteiger partial charge in [0, 0.05) is 12.6 Å². The monoisotopic (exact) mass is 444 g/mol. The Morgan fingerprint density at radius 3 is 2.58 bits per heavy atom. The minimum atomic E-state index is -3.35. The van der Waals surface area contributed by atoms with E-state index in [2.05, 4.69) is 15.5 Å². The molecule has 0 aliphatic rings. The van der Waals surface area contributed by atoms with Crippen molar-refractivity contribution in [2.75, 3.05) is 17.6 Å². The van der Waals surface area contributed by atoms with Gasteiger partial charge in [-0.25, -0.2) is 8.42 Å². The van der Waals surface area contributed by atoms with Gasteiger partial charge in [0.25, 0.3) is 5.91 Å². The van der Waals surface area contributed by atoms with Crippen LogP contribution in [0, 0.1) is 6.92 Å². The third-order valence-corrected chi connectivity index (χ3v) is 5.74. The normalized spacial score (nSPS) is 12.3. The molecule has 0 radical (unpaired) electrons. The Hall–Kier alpha value is -3.40. The topological polar surface area (TPSA) is 115 Å². The van der Waals surface area contributed by atoms with Crippen molar-refractivity contribution in [3.63, 3.8) is 0 Å². The number of aromatic nitrogens is 2. The van der Waals surface area contributed by atoms with Gasteiger partial charge < -0.3 is 14.6 Å². The molecule has 0 aliphatic heterocycles. The number of ether oxygens (including phenoxy) is 1. The summed E-state index contributed by atoms with van der Waals surface area (Å²) < 4.78 is 35.2. The van der Waals surface area contributed by atoms with Gasteiger partial charge in [-0.2, -0.15) is 4.98 Å². The molecule has 0 fully saturated rings. The van der Waals surface area contributed by atoms with Crippen molar-refractivity contribution >= 4 is 21.6 Å². The molecule has 3 aromatic rings. The molecule has 0 spiro atoms. The van der Waals surface area contributed by atoms with E-state index < -0.39 is 16.1 Å². The van der Waals surface area contributed by atoms with Crippen LogP contribution in [0.25, 0.3) is 11.4 Å². The van der Waals surface area contributed by atoms with Crippen LogP contribution in [0.15, 0.2) is 53.1 Å². The SMILES string of the molecule is Cc1cccc(-c2noc(CNC(=O)[C@@H](C)Oc3ccc(N(C)S(C)(=O)=O)cc3)n2)c1. The summed E-state index contributed by atoms with van der Waals surface area (Å²) in [5.74, 6) is 0.821. The summed E-state index contributed by atoms with van der Waals surface area (Å²) in [6.45, 7) is 3.66. The zero-order valence-electron chi connectivity index (χ0n) is 17.7. The smallest absolute Gasteiger partial charge is 0.261 e. The van der Waals surface area contributed by atoms with Crippen LogP contribution in [0.4, 0.5) is 5.69 Å². The van der Waals surface area contributed by atoms with Gasteiger partial charge in [0.15, 0.2) is 6.10 Å². The summed E-state index contributed by atoms with van der Waals surface area (Å²) in [6, 6.07) is 14.1. The molecular formula is C21H24N4O5S. The average Bonchev–Trinajstić information content (AvgIpc) is 3.20. The van der Waals surface area contributed by atoms with Gasteiger partial charge >= 0.3 is 0 Å². The van der Waals surface area contributed by atoms with Gasteiger partial charge in [0.2, 0.25) is 21.7 Å². The lowest BCUT2D eigenvalue weighted by atomic mass is 10.1. The number of rotatable bonds is 8. The number of carbonyl (C=O) groups is 1. The fourth-order valence-corrected chi connectivity index (χ4v) is 3.22. The van der Waals surface area contributed by atoms with Gasteiger partial charge in [0.1, 0.15) is 5.75 Å². The Morgan fingerprint density at radius 2 is 1.94 bits per heavy atom. The molecule has 0 aliphatic carbocycles. The number of carbonyl (C=O) groups excluding carboxylic acids is 1. The van der Waals surface area contributed by atoms with E-state index in [1.165, 1.54) is 7.05 Å². The fourth-order valence-electron chi connectivity index (χ4n) is 2.72. The standard InChI is InChI=1S/C21H24N4O5S/c1-14-6-5-7-16(12-14)20-23-19(30-24-20)13-22-21(26)15(2)29-18-10-8-17(9-11-18)25(3)31(4,27)28/h5-12,15H,13H2,1-4H3,(H,22,26)/t15-/m1/s1. The van der Waals surface area contributed by atoms with Gasteiger partial charge in [-0.05, 0) is 44.2 Å². The predicted octanol–water partition coefficient (Wildman–Crippen LogP) is 2.52. The van der Waals surface area contributed by atoms with Crippen molar-refractivity contribution in [1.82, 2.24) is 15.5 Å². The molecule has 0 unspecified atom stereocenters. The maximum absolute atomic E-state index is 12.3. The zero-order chi connectivity index (χ0) is 22.6. The molecule has 1 atom stereocenters. The van der Waals surface area contributed by atoms with Gasteiger partial charge in [0.05, 0.1) is 18.5 Å². The summed E-state index contributed by atoms with van der Waals surface area (Å²) >= 11 is 0. The summed E-state index contributed by atoms with van der Waals surface area (Å²) in [5.41, 5.74) is 2.41. The second-order valence-electron chi connectivity index (χ2n) is 7.08. The summed E-state index contributed by atoms with van der Waals surface area (Å²) in [7, 11) is -1.89. The molecule has 1 N–H and O–H groups in total. The molecule has 2 aromatic carbocycles. The Kier molecular flexibility index (Phi) is 6.59. The van der Waals surface area contributed by atoms with Crippen molar-refractivity contribution in [2.24, 2.45) is 0 Å². The van der Waals surface area contributed by atoms with Crippen molar-refractivity contribution < 1.29 is 22.5 Å². The lowest BCUT2D eigenvalue weighted by Crippen LogP contribution is -2.36. The van der Waals surface area contributed by atoms with Crippen molar-refractivity contribution in [3.8, 4) is 17.1 Å². The first-order valence-electron chi connectivity index (χ1n) is 9.51. The predicted molar refractivity (Wildman–Crippen MR) is 116 cm³/mol. The summed E-state index contributed by atoms with van der Waals surface area (Å²) in [5, 5.41) is 6.64. The van der Waals surface area contributed by atoms with E-state index in [9.17, 15) is 13.2 Å². The van der Waals surface area contributed by atoms with E-state index in [0.717, 1.165) is 21.7 Å². The van der Waals surface area contributed by atoms with Crippen LogP contribution in [-0.2, 0) is 21.4 Å².